The van der Waals surface area contributed by atoms with E-state index in [0.717, 1.165) is 12.1 Å². The van der Waals surface area contributed by atoms with Gasteiger partial charge in [0.1, 0.15) is 6.61 Å². The van der Waals surface area contributed by atoms with E-state index in [4.69, 9.17) is 14.2 Å². The topological polar surface area (TPSA) is 103 Å². The van der Waals surface area contributed by atoms with Gasteiger partial charge in [0.15, 0.2) is 29.7 Å². The molecule has 10 heteroatoms. The van der Waals surface area contributed by atoms with Crippen LogP contribution in [0.4, 0.5) is 14.5 Å². The van der Waals surface area contributed by atoms with E-state index in [0.29, 0.717) is 11.5 Å². The molecule has 2 amide bonds. The summed E-state index contributed by atoms with van der Waals surface area (Å²) in [6.45, 7) is -1.14. The van der Waals surface area contributed by atoms with Gasteiger partial charge in [0.25, 0.3) is 5.91 Å². The number of anilines is 1. The molecule has 2 aromatic rings. The minimum atomic E-state index is -1.12. The van der Waals surface area contributed by atoms with Gasteiger partial charge in [-0.2, -0.15) is 0 Å². The standard InChI is InChI=1S/C19H16F2N2O6/c20-12-6-5-11(7-13(12)21)23-17(24)8-22-18(25)10-28-19(26)16-9-27-14-3-1-2-4-15(14)29-16/h1-7,16H,8-10H2,(H,22,25)(H,23,24). The Morgan fingerprint density at radius 1 is 1.03 bits per heavy atom. The molecule has 0 bridgehead atoms. The van der Waals surface area contributed by atoms with Gasteiger partial charge in [-0.15, -0.1) is 0 Å². The molecule has 0 aromatic heterocycles. The first kappa shape index (κ1) is 20.1. The summed E-state index contributed by atoms with van der Waals surface area (Å²) in [5.41, 5.74) is 0.0318. The van der Waals surface area contributed by atoms with E-state index in [2.05, 4.69) is 10.6 Å². The Morgan fingerprint density at radius 3 is 2.55 bits per heavy atom. The number of rotatable bonds is 6. The monoisotopic (exact) mass is 406 g/mol. The number of para-hydroxylation sites is 2. The van der Waals surface area contributed by atoms with Gasteiger partial charge in [0.2, 0.25) is 12.0 Å². The fourth-order valence-electron chi connectivity index (χ4n) is 2.37. The first-order valence-corrected chi connectivity index (χ1v) is 8.49. The molecule has 152 valence electrons. The molecule has 0 fully saturated rings. The van der Waals surface area contributed by atoms with Crippen molar-refractivity contribution in [1.29, 1.82) is 0 Å². The molecule has 1 atom stereocenters. The van der Waals surface area contributed by atoms with Crippen LogP contribution in [0.5, 0.6) is 11.5 Å². The molecule has 1 heterocycles. The van der Waals surface area contributed by atoms with Crippen LogP contribution in [0.2, 0.25) is 0 Å². The third kappa shape index (κ3) is 5.41. The van der Waals surface area contributed by atoms with E-state index < -0.39 is 48.7 Å². The van der Waals surface area contributed by atoms with Gasteiger partial charge in [-0.05, 0) is 24.3 Å². The number of nitrogens with one attached hydrogen (secondary N) is 2. The number of ether oxygens (including phenoxy) is 3. The largest absolute Gasteiger partial charge is 0.485 e. The van der Waals surface area contributed by atoms with E-state index in [-0.39, 0.29) is 12.3 Å². The van der Waals surface area contributed by atoms with Crippen LogP contribution in [0.15, 0.2) is 42.5 Å². The molecule has 0 radical (unpaired) electrons. The lowest BCUT2D eigenvalue weighted by molar-refractivity contribution is -0.157. The second-order valence-electron chi connectivity index (χ2n) is 5.93. The molecule has 0 spiro atoms. The first-order chi connectivity index (χ1) is 13.9. The van der Waals surface area contributed by atoms with Gasteiger partial charge in [0, 0.05) is 11.8 Å². The molecule has 0 aliphatic carbocycles. The molecule has 1 unspecified atom stereocenters. The highest BCUT2D eigenvalue weighted by Crippen LogP contribution is 2.31. The van der Waals surface area contributed by atoms with Crippen molar-refractivity contribution in [3.05, 3.63) is 54.1 Å². The summed E-state index contributed by atoms with van der Waals surface area (Å²) in [5, 5.41) is 4.52. The van der Waals surface area contributed by atoms with Gasteiger partial charge in [-0.25, -0.2) is 13.6 Å². The second-order valence-corrected chi connectivity index (χ2v) is 5.93. The lowest BCUT2D eigenvalue weighted by Crippen LogP contribution is -2.40. The number of halogens is 2. The van der Waals surface area contributed by atoms with Crippen LogP contribution >= 0.6 is 0 Å². The molecule has 2 N–H and O–H groups in total. The van der Waals surface area contributed by atoms with Crippen LogP contribution in [0.25, 0.3) is 0 Å². The lowest BCUT2D eigenvalue weighted by Gasteiger charge is -2.24. The van der Waals surface area contributed by atoms with Crippen LogP contribution in [0.1, 0.15) is 0 Å². The first-order valence-electron chi connectivity index (χ1n) is 8.49. The van der Waals surface area contributed by atoms with Crippen LogP contribution < -0.4 is 20.1 Å². The van der Waals surface area contributed by atoms with Crippen LogP contribution in [-0.2, 0) is 19.1 Å². The molecular weight excluding hydrogens is 390 g/mol. The van der Waals surface area contributed by atoms with E-state index in [1.807, 2.05) is 0 Å². The smallest absolute Gasteiger partial charge is 0.351 e. The number of esters is 1. The predicted octanol–water partition coefficient (Wildman–Crippen LogP) is 1.40. The SMILES string of the molecule is O=C(COC(=O)C1COc2ccccc2O1)NCC(=O)Nc1ccc(F)c(F)c1. The summed E-state index contributed by atoms with van der Waals surface area (Å²) in [7, 11) is 0. The minimum Gasteiger partial charge on any atom is -0.485 e. The van der Waals surface area contributed by atoms with E-state index in [1.165, 1.54) is 6.07 Å². The summed E-state index contributed by atoms with van der Waals surface area (Å²) >= 11 is 0. The molecule has 0 saturated carbocycles. The van der Waals surface area contributed by atoms with Gasteiger partial charge in [-0.3, -0.25) is 9.59 Å². The van der Waals surface area contributed by atoms with Crippen molar-refractivity contribution < 1.29 is 37.4 Å². The predicted molar refractivity (Wildman–Crippen MR) is 95.3 cm³/mol. The fourth-order valence-corrected chi connectivity index (χ4v) is 2.37. The Labute approximate surface area is 163 Å². The molecule has 1 aliphatic rings. The van der Waals surface area contributed by atoms with E-state index in [1.54, 1.807) is 24.3 Å². The Kier molecular flexibility index (Phi) is 6.22. The molecule has 2 aromatic carbocycles. The van der Waals surface area contributed by atoms with Gasteiger partial charge in [-0.1, -0.05) is 12.1 Å². The Morgan fingerprint density at radius 2 is 1.79 bits per heavy atom. The quantitative estimate of drug-likeness (QED) is 0.703. The highest BCUT2D eigenvalue weighted by Gasteiger charge is 2.29. The third-order valence-corrected chi connectivity index (χ3v) is 3.77. The van der Waals surface area contributed by atoms with Crippen molar-refractivity contribution >= 4 is 23.5 Å². The third-order valence-electron chi connectivity index (χ3n) is 3.77. The Balaban J connectivity index is 1.39. The van der Waals surface area contributed by atoms with E-state index >= 15 is 0 Å². The van der Waals surface area contributed by atoms with Crippen molar-refractivity contribution in [2.75, 3.05) is 25.1 Å². The zero-order valence-electron chi connectivity index (χ0n) is 14.9. The summed E-state index contributed by atoms with van der Waals surface area (Å²) in [6, 6.07) is 9.63. The number of hydrogen-bond acceptors (Lipinski definition) is 6. The summed E-state index contributed by atoms with van der Waals surface area (Å²) < 4.78 is 41.6. The molecule has 29 heavy (non-hydrogen) atoms. The Bertz CT molecular complexity index is 937. The van der Waals surface area contributed by atoms with Crippen molar-refractivity contribution in [3.8, 4) is 11.5 Å². The minimum absolute atomic E-state index is 0.0318. The van der Waals surface area contributed by atoms with E-state index in [9.17, 15) is 23.2 Å². The van der Waals surface area contributed by atoms with Crippen molar-refractivity contribution in [2.45, 2.75) is 6.10 Å². The van der Waals surface area contributed by atoms with Crippen molar-refractivity contribution in [3.63, 3.8) is 0 Å². The lowest BCUT2D eigenvalue weighted by atomic mass is 10.2. The van der Waals surface area contributed by atoms with Crippen molar-refractivity contribution in [2.24, 2.45) is 0 Å². The zero-order chi connectivity index (χ0) is 20.8. The summed E-state index contributed by atoms with van der Waals surface area (Å²) in [6.07, 6.45) is -1.02. The number of fused-ring (bicyclic) bond motifs is 1. The highest BCUT2D eigenvalue weighted by molar-refractivity contribution is 5.94. The van der Waals surface area contributed by atoms with Crippen LogP contribution in [-0.4, -0.2) is 43.6 Å². The average Bonchev–Trinajstić information content (AvgIpc) is 2.72. The zero-order valence-corrected chi connectivity index (χ0v) is 14.9. The maximum Gasteiger partial charge on any atom is 0.351 e. The maximum atomic E-state index is 13.1. The van der Waals surface area contributed by atoms with Gasteiger partial charge in [0.05, 0.1) is 6.54 Å². The second kappa shape index (κ2) is 9.00. The van der Waals surface area contributed by atoms with Crippen LogP contribution in [0.3, 0.4) is 0 Å². The van der Waals surface area contributed by atoms with Crippen LogP contribution in [0, 0.1) is 11.6 Å². The normalized spacial score (nSPS) is 14.6. The molecule has 3 rings (SSSR count). The fraction of sp³-hybridized carbons (Fsp3) is 0.211. The maximum absolute atomic E-state index is 13.1. The van der Waals surface area contributed by atoms with Gasteiger partial charge < -0.3 is 24.8 Å². The van der Waals surface area contributed by atoms with Gasteiger partial charge >= 0.3 is 5.97 Å². The number of carbonyl (C=O) groups is 3. The van der Waals surface area contributed by atoms with Crippen molar-refractivity contribution in [1.82, 2.24) is 5.32 Å². The number of carbonyl (C=O) groups excluding carboxylic acids is 3. The molecular formula is C19H16F2N2O6. The number of amides is 2. The summed E-state index contributed by atoms with van der Waals surface area (Å²) in [5.74, 6) is -3.46. The Hall–Kier alpha value is -3.69. The molecule has 8 nitrogen and oxygen atoms in total. The number of benzene rings is 2. The molecule has 1 aliphatic heterocycles. The molecule has 0 saturated heterocycles. The highest BCUT2D eigenvalue weighted by atomic mass is 19.2. The summed E-state index contributed by atoms with van der Waals surface area (Å²) in [4.78, 5) is 35.5. The average molecular weight is 406 g/mol. The number of hydrogen-bond donors (Lipinski definition) is 2.